The molecule has 1 aromatic heterocycles. The Bertz CT molecular complexity index is 617. The SMILES string of the molecule is CC(C)NCc1cc(N(C)CC2CC2)nc2ccccc12. The molecule has 1 aromatic carbocycles. The minimum atomic E-state index is 0.490. The maximum atomic E-state index is 4.84. The first kappa shape index (κ1) is 14.3. The topological polar surface area (TPSA) is 28.2 Å². The average molecular weight is 283 g/mol. The molecular formula is C18H25N3. The normalized spacial score (nSPS) is 14.9. The number of benzene rings is 1. The van der Waals surface area contributed by atoms with Crippen LogP contribution in [0.1, 0.15) is 32.3 Å². The Morgan fingerprint density at radius 3 is 2.76 bits per heavy atom. The van der Waals surface area contributed by atoms with E-state index >= 15 is 0 Å². The van der Waals surface area contributed by atoms with Crippen molar-refractivity contribution in [1.29, 1.82) is 0 Å². The van der Waals surface area contributed by atoms with Gasteiger partial charge in [0, 0.05) is 31.6 Å². The summed E-state index contributed by atoms with van der Waals surface area (Å²) in [5, 5.41) is 4.79. The number of anilines is 1. The molecule has 1 heterocycles. The number of para-hydroxylation sites is 1. The molecule has 0 amide bonds. The Morgan fingerprint density at radius 2 is 2.05 bits per heavy atom. The predicted molar refractivity (Wildman–Crippen MR) is 89.7 cm³/mol. The van der Waals surface area contributed by atoms with Gasteiger partial charge in [-0.05, 0) is 36.5 Å². The maximum absolute atomic E-state index is 4.84. The van der Waals surface area contributed by atoms with Gasteiger partial charge in [0.2, 0.25) is 0 Å². The van der Waals surface area contributed by atoms with Crippen molar-refractivity contribution in [2.24, 2.45) is 5.92 Å². The van der Waals surface area contributed by atoms with Crippen molar-refractivity contribution in [3.8, 4) is 0 Å². The van der Waals surface area contributed by atoms with Gasteiger partial charge in [-0.3, -0.25) is 0 Å². The van der Waals surface area contributed by atoms with Crippen LogP contribution in [0, 0.1) is 5.92 Å². The molecule has 1 saturated carbocycles. The fraction of sp³-hybridized carbons (Fsp3) is 0.500. The van der Waals surface area contributed by atoms with Gasteiger partial charge in [0.25, 0.3) is 0 Å². The van der Waals surface area contributed by atoms with E-state index in [0.29, 0.717) is 6.04 Å². The van der Waals surface area contributed by atoms with E-state index in [2.05, 4.69) is 61.4 Å². The number of rotatable bonds is 6. The van der Waals surface area contributed by atoms with Gasteiger partial charge in [-0.2, -0.15) is 0 Å². The fourth-order valence-corrected chi connectivity index (χ4v) is 2.67. The van der Waals surface area contributed by atoms with Crippen LogP contribution >= 0.6 is 0 Å². The average Bonchev–Trinajstić information content (AvgIpc) is 3.28. The van der Waals surface area contributed by atoms with Crippen LogP contribution in [0.5, 0.6) is 0 Å². The van der Waals surface area contributed by atoms with Crippen LogP contribution in [0.4, 0.5) is 5.82 Å². The summed E-state index contributed by atoms with van der Waals surface area (Å²) < 4.78 is 0. The van der Waals surface area contributed by atoms with Gasteiger partial charge in [0.1, 0.15) is 5.82 Å². The van der Waals surface area contributed by atoms with Crippen molar-refractivity contribution in [1.82, 2.24) is 10.3 Å². The Kier molecular flexibility index (Phi) is 4.11. The Labute approximate surface area is 127 Å². The van der Waals surface area contributed by atoms with Crippen molar-refractivity contribution in [2.75, 3.05) is 18.5 Å². The van der Waals surface area contributed by atoms with Crippen molar-refractivity contribution in [3.63, 3.8) is 0 Å². The van der Waals surface area contributed by atoms with Gasteiger partial charge >= 0.3 is 0 Å². The lowest BCUT2D eigenvalue weighted by molar-refractivity contribution is 0.590. The molecule has 1 N–H and O–H groups in total. The minimum absolute atomic E-state index is 0.490. The lowest BCUT2D eigenvalue weighted by Crippen LogP contribution is -2.24. The molecular weight excluding hydrogens is 258 g/mol. The number of hydrogen-bond acceptors (Lipinski definition) is 3. The molecule has 0 bridgehead atoms. The van der Waals surface area contributed by atoms with Crippen LogP contribution in [0.3, 0.4) is 0 Å². The second-order valence-electron chi connectivity index (χ2n) is 6.52. The molecule has 1 aliphatic carbocycles. The molecule has 3 heteroatoms. The van der Waals surface area contributed by atoms with Crippen LogP contribution < -0.4 is 10.2 Å². The fourth-order valence-electron chi connectivity index (χ4n) is 2.67. The zero-order chi connectivity index (χ0) is 14.8. The van der Waals surface area contributed by atoms with Gasteiger partial charge < -0.3 is 10.2 Å². The zero-order valence-corrected chi connectivity index (χ0v) is 13.3. The van der Waals surface area contributed by atoms with Crippen molar-refractivity contribution < 1.29 is 0 Å². The van der Waals surface area contributed by atoms with Crippen molar-refractivity contribution >= 4 is 16.7 Å². The van der Waals surface area contributed by atoms with Crippen LogP contribution in [0.15, 0.2) is 30.3 Å². The van der Waals surface area contributed by atoms with E-state index in [4.69, 9.17) is 4.98 Å². The van der Waals surface area contributed by atoms with E-state index in [-0.39, 0.29) is 0 Å². The summed E-state index contributed by atoms with van der Waals surface area (Å²) >= 11 is 0. The number of pyridine rings is 1. The molecule has 0 unspecified atom stereocenters. The van der Waals surface area contributed by atoms with Crippen LogP contribution in [-0.2, 0) is 6.54 Å². The summed E-state index contributed by atoms with van der Waals surface area (Å²) in [5.41, 5.74) is 2.44. The second-order valence-corrected chi connectivity index (χ2v) is 6.52. The Morgan fingerprint density at radius 1 is 1.29 bits per heavy atom. The number of nitrogens with zero attached hydrogens (tertiary/aromatic N) is 2. The molecule has 112 valence electrons. The standard InChI is InChI=1S/C18H25N3/c1-13(2)19-11-15-10-18(21(3)12-14-8-9-14)20-17-7-5-4-6-16(15)17/h4-7,10,13-14,19H,8-9,11-12H2,1-3H3. The second kappa shape index (κ2) is 6.02. The molecule has 0 saturated heterocycles. The van der Waals surface area contributed by atoms with Gasteiger partial charge in [0.15, 0.2) is 0 Å². The highest BCUT2D eigenvalue weighted by Crippen LogP contribution is 2.31. The number of nitrogens with one attached hydrogen (secondary N) is 1. The largest absolute Gasteiger partial charge is 0.359 e. The molecule has 21 heavy (non-hydrogen) atoms. The predicted octanol–water partition coefficient (Wildman–Crippen LogP) is 3.58. The lowest BCUT2D eigenvalue weighted by atomic mass is 10.1. The number of aromatic nitrogens is 1. The summed E-state index contributed by atoms with van der Waals surface area (Å²) in [7, 11) is 2.16. The first-order valence-electron chi connectivity index (χ1n) is 7.96. The zero-order valence-electron chi connectivity index (χ0n) is 13.3. The van der Waals surface area contributed by atoms with E-state index in [1.165, 1.54) is 23.8 Å². The van der Waals surface area contributed by atoms with E-state index in [0.717, 1.165) is 30.3 Å². The quantitative estimate of drug-likeness (QED) is 0.878. The summed E-state index contributed by atoms with van der Waals surface area (Å²) in [5.74, 6) is 1.97. The Balaban J connectivity index is 1.92. The third-order valence-electron chi connectivity index (χ3n) is 4.11. The van der Waals surface area contributed by atoms with Crippen molar-refractivity contribution in [3.05, 3.63) is 35.9 Å². The number of fused-ring (bicyclic) bond motifs is 1. The number of hydrogen-bond donors (Lipinski definition) is 1. The first-order valence-corrected chi connectivity index (χ1v) is 7.96. The van der Waals surface area contributed by atoms with Crippen LogP contribution in [-0.4, -0.2) is 24.6 Å². The summed E-state index contributed by atoms with van der Waals surface area (Å²) in [4.78, 5) is 7.15. The molecule has 1 fully saturated rings. The van der Waals surface area contributed by atoms with E-state index in [1.807, 2.05) is 0 Å². The van der Waals surface area contributed by atoms with Crippen LogP contribution in [0.25, 0.3) is 10.9 Å². The van der Waals surface area contributed by atoms with E-state index < -0.39 is 0 Å². The molecule has 2 aromatic rings. The first-order chi connectivity index (χ1) is 10.1. The van der Waals surface area contributed by atoms with E-state index in [9.17, 15) is 0 Å². The highest BCUT2D eigenvalue weighted by atomic mass is 15.2. The third kappa shape index (κ3) is 3.53. The molecule has 0 radical (unpaired) electrons. The van der Waals surface area contributed by atoms with Gasteiger partial charge in [-0.1, -0.05) is 32.0 Å². The summed E-state index contributed by atoms with van der Waals surface area (Å²) in [6.45, 7) is 6.39. The highest BCUT2D eigenvalue weighted by Gasteiger charge is 2.23. The van der Waals surface area contributed by atoms with E-state index in [1.54, 1.807) is 0 Å². The molecule has 3 nitrogen and oxygen atoms in total. The molecule has 0 aliphatic heterocycles. The van der Waals surface area contributed by atoms with Crippen LogP contribution in [0.2, 0.25) is 0 Å². The summed E-state index contributed by atoms with van der Waals surface area (Å²) in [6, 6.07) is 11.2. The smallest absolute Gasteiger partial charge is 0.129 e. The lowest BCUT2D eigenvalue weighted by Gasteiger charge is -2.20. The molecule has 3 rings (SSSR count). The molecule has 1 aliphatic rings. The van der Waals surface area contributed by atoms with Gasteiger partial charge in [-0.25, -0.2) is 4.98 Å². The molecule has 0 atom stereocenters. The van der Waals surface area contributed by atoms with Gasteiger partial charge in [-0.15, -0.1) is 0 Å². The van der Waals surface area contributed by atoms with Crippen molar-refractivity contribution in [2.45, 2.75) is 39.3 Å². The Hall–Kier alpha value is -1.61. The monoisotopic (exact) mass is 283 g/mol. The summed E-state index contributed by atoms with van der Waals surface area (Å²) in [6.07, 6.45) is 2.75. The molecule has 0 spiro atoms. The highest BCUT2D eigenvalue weighted by molar-refractivity contribution is 5.84. The maximum Gasteiger partial charge on any atom is 0.129 e. The van der Waals surface area contributed by atoms with Gasteiger partial charge in [0.05, 0.1) is 5.52 Å². The third-order valence-corrected chi connectivity index (χ3v) is 4.11. The minimum Gasteiger partial charge on any atom is -0.359 e.